The number of carbonyl (C=O) groups is 2. The van der Waals surface area contributed by atoms with E-state index >= 15 is 0 Å². The van der Waals surface area contributed by atoms with Crippen molar-refractivity contribution in [2.24, 2.45) is 5.73 Å². The Bertz CT molecular complexity index is 563. The van der Waals surface area contributed by atoms with Crippen molar-refractivity contribution in [3.05, 3.63) is 32.8 Å². The second-order valence-electron chi connectivity index (χ2n) is 3.63. The Balaban J connectivity index is 2.96. The van der Waals surface area contributed by atoms with E-state index in [1.807, 2.05) is 0 Å². The lowest BCUT2D eigenvalue weighted by molar-refractivity contribution is -0.384. The van der Waals surface area contributed by atoms with Gasteiger partial charge in [-0.25, -0.2) is 9.59 Å². The number of halogens is 1. The van der Waals surface area contributed by atoms with E-state index in [0.717, 1.165) is 12.1 Å². The first kappa shape index (κ1) is 15.5. The van der Waals surface area contributed by atoms with Gasteiger partial charge in [-0.2, -0.15) is 0 Å². The summed E-state index contributed by atoms with van der Waals surface area (Å²) in [7, 11) is 0. The molecule has 0 aliphatic carbocycles. The molecule has 0 unspecified atom stereocenters. The van der Waals surface area contributed by atoms with E-state index in [9.17, 15) is 19.7 Å². The summed E-state index contributed by atoms with van der Waals surface area (Å²) in [6.07, 6.45) is 0. The summed E-state index contributed by atoms with van der Waals surface area (Å²) in [5, 5.41) is 24.5. The van der Waals surface area contributed by atoms with Gasteiger partial charge in [0.15, 0.2) is 0 Å². The minimum Gasteiger partial charge on any atom is -0.478 e. The van der Waals surface area contributed by atoms with Crippen LogP contribution in [0.15, 0.2) is 12.1 Å². The van der Waals surface area contributed by atoms with Crippen LogP contribution < -0.4 is 16.4 Å². The van der Waals surface area contributed by atoms with E-state index in [1.165, 1.54) is 0 Å². The van der Waals surface area contributed by atoms with Crippen LogP contribution in [0.3, 0.4) is 0 Å². The fourth-order valence-electron chi connectivity index (χ4n) is 1.42. The molecule has 0 atom stereocenters. The van der Waals surface area contributed by atoms with Crippen LogP contribution >= 0.6 is 11.6 Å². The summed E-state index contributed by atoms with van der Waals surface area (Å²) in [5.41, 5.74) is 4.14. The van der Waals surface area contributed by atoms with Crippen molar-refractivity contribution < 1.29 is 19.6 Å². The molecule has 9 nitrogen and oxygen atoms in total. The van der Waals surface area contributed by atoms with Crippen LogP contribution in [0.4, 0.5) is 16.2 Å². The van der Waals surface area contributed by atoms with E-state index in [0.29, 0.717) is 0 Å². The molecular formula is C10H11ClN4O5. The monoisotopic (exact) mass is 302 g/mol. The minimum absolute atomic E-state index is 0.0380. The lowest BCUT2D eigenvalue weighted by Gasteiger charge is -2.11. The van der Waals surface area contributed by atoms with Crippen molar-refractivity contribution in [1.29, 1.82) is 0 Å². The number of carbonyl (C=O) groups excluding carboxylic acids is 1. The summed E-state index contributed by atoms with van der Waals surface area (Å²) in [4.78, 5) is 31.4. The molecule has 0 bridgehead atoms. The SMILES string of the molecule is NC(=O)NCCNc1c(Cl)cc([N+](=O)[O-])cc1C(=O)O. The number of hydrogen-bond donors (Lipinski definition) is 4. The first-order chi connectivity index (χ1) is 9.32. The van der Waals surface area contributed by atoms with Crippen molar-refractivity contribution in [2.75, 3.05) is 18.4 Å². The van der Waals surface area contributed by atoms with E-state index in [2.05, 4.69) is 10.6 Å². The maximum atomic E-state index is 11.1. The number of primary amides is 1. The average molecular weight is 303 g/mol. The molecule has 0 fully saturated rings. The lowest BCUT2D eigenvalue weighted by Crippen LogP contribution is -2.33. The van der Waals surface area contributed by atoms with Gasteiger partial charge in [0, 0.05) is 25.2 Å². The molecule has 108 valence electrons. The van der Waals surface area contributed by atoms with E-state index in [1.54, 1.807) is 0 Å². The second kappa shape index (κ2) is 6.57. The highest BCUT2D eigenvalue weighted by Crippen LogP contribution is 2.31. The molecule has 1 aromatic rings. The molecule has 0 radical (unpaired) electrons. The molecule has 20 heavy (non-hydrogen) atoms. The number of nitro benzene ring substituents is 1. The number of carboxylic acids is 1. The highest BCUT2D eigenvalue weighted by Gasteiger charge is 2.19. The van der Waals surface area contributed by atoms with Crippen LogP contribution in [0, 0.1) is 10.1 Å². The number of anilines is 1. The summed E-state index contributed by atoms with van der Waals surface area (Å²) in [5.74, 6) is -1.36. The standard InChI is InChI=1S/C10H11ClN4O5/c11-7-4-5(15(19)20)3-6(9(16)17)8(7)13-1-2-14-10(12)18/h3-4,13H,1-2H2,(H,16,17)(H3,12,14,18). The summed E-state index contributed by atoms with van der Waals surface area (Å²) >= 11 is 5.82. The zero-order valence-electron chi connectivity index (χ0n) is 10.1. The largest absolute Gasteiger partial charge is 0.478 e. The van der Waals surface area contributed by atoms with E-state index in [4.69, 9.17) is 22.4 Å². The predicted octanol–water partition coefficient (Wildman–Crippen LogP) is 1.03. The Kier molecular flexibility index (Phi) is 5.09. The molecule has 0 aliphatic rings. The van der Waals surface area contributed by atoms with E-state index in [-0.39, 0.29) is 29.4 Å². The Hall–Kier alpha value is -2.55. The molecule has 1 aromatic carbocycles. The average Bonchev–Trinajstić information content (AvgIpc) is 2.34. The molecule has 5 N–H and O–H groups in total. The number of carboxylic acid groups (broad SMARTS) is 1. The fourth-order valence-corrected chi connectivity index (χ4v) is 1.70. The van der Waals surface area contributed by atoms with Crippen LogP contribution in [0.5, 0.6) is 0 Å². The molecule has 2 amide bonds. The number of benzene rings is 1. The number of nitrogens with zero attached hydrogens (tertiary/aromatic N) is 1. The third kappa shape index (κ3) is 3.99. The zero-order valence-corrected chi connectivity index (χ0v) is 10.8. The molecule has 0 spiro atoms. The van der Waals surface area contributed by atoms with Crippen molar-refractivity contribution in [1.82, 2.24) is 5.32 Å². The van der Waals surface area contributed by atoms with Gasteiger partial charge in [0.25, 0.3) is 5.69 Å². The van der Waals surface area contributed by atoms with Gasteiger partial charge in [-0.05, 0) is 0 Å². The Morgan fingerprint density at radius 1 is 1.40 bits per heavy atom. The first-order valence-corrected chi connectivity index (χ1v) is 5.69. The maximum absolute atomic E-state index is 11.1. The number of rotatable bonds is 6. The zero-order chi connectivity index (χ0) is 15.3. The first-order valence-electron chi connectivity index (χ1n) is 5.31. The maximum Gasteiger partial charge on any atom is 0.338 e. The molecule has 0 aromatic heterocycles. The summed E-state index contributed by atoms with van der Waals surface area (Å²) in [6, 6.07) is 1.22. The van der Waals surface area contributed by atoms with Crippen LogP contribution in [0.1, 0.15) is 10.4 Å². The van der Waals surface area contributed by atoms with Crippen molar-refractivity contribution in [3.8, 4) is 0 Å². The highest BCUT2D eigenvalue weighted by atomic mass is 35.5. The van der Waals surface area contributed by atoms with Gasteiger partial charge >= 0.3 is 12.0 Å². The predicted molar refractivity (Wildman–Crippen MR) is 71.1 cm³/mol. The van der Waals surface area contributed by atoms with Gasteiger partial charge in [0.1, 0.15) is 0 Å². The van der Waals surface area contributed by atoms with Crippen molar-refractivity contribution in [3.63, 3.8) is 0 Å². The molecular weight excluding hydrogens is 292 g/mol. The van der Waals surface area contributed by atoms with E-state index < -0.39 is 22.6 Å². The van der Waals surface area contributed by atoms with Gasteiger partial charge < -0.3 is 21.5 Å². The Morgan fingerprint density at radius 3 is 2.55 bits per heavy atom. The molecule has 1 rings (SSSR count). The lowest BCUT2D eigenvalue weighted by atomic mass is 10.1. The molecule has 0 aliphatic heterocycles. The van der Waals surface area contributed by atoms with Gasteiger partial charge in [0.05, 0.1) is 21.2 Å². The second-order valence-corrected chi connectivity index (χ2v) is 4.04. The third-order valence-electron chi connectivity index (χ3n) is 2.24. The Labute approximate surface area is 117 Å². The Morgan fingerprint density at radius 2 is 2.05 bits per heavy atom. The van der Waals surface area contributed by atoms with Crippen LogP contribution in [-0.4, -0.2) is 35.1 Å². The number of non-ortho nitro benzene ring substituents is 1. The fraction of sp³-hybridized carbons (Fsp3) is 0.200. The van der Waals surface area contributed by atoms with Gasteiger partial charge in [0.2, 0.25) is 0 Å². The highest BCUT2D eigenvalue weighted by molar-refractivity contribution is 6.34. The van der Waals surface area contributed by atoms with Gasteiger partial charge in [-0.3, -0.25) is 10.1 Å². The van der Waals surface area contributed by atoms with Crippen LogP contribution in [0.2, 0.25) is 5.02 Å². The number of nitrogens with one attached hydrogen (secondary N) is 2. The molecule has 0 saturated heterocycles. The number of urea groups is 1. The normalized spacial score (nSPS) is 9.85. The molecule has 0 heterocycles. The summed E-state index contributed by atoms with van der Waals surface area (Å²) in [6.45, 7) is 0.294. The van der Waals surface area contributed by atoms with Crippen molar-refractivity contribution in [2.45, 2.75) is 0 Å². The minimum atomic E-state index is -1.36. The van der Waals surface area contributed by atoms with Crippen LogP contribution in [0.25, 0.3) is 0 Å². The smallest absolute Gasteiger partial charge is 0.338 e. The molecule has 0 saturated carbocycles. The molecule has 10 heteroatoms. The third-order valence-corrected chi connectivity index (χ3v) is 2.54. The van der Waals surface area contributed by atoms with Gasteiger partial charge in [-0.15, -0.1) is 0 Å². The number of amides is 2. The van der Waals surface area contributed by atoms with Crippen LogP contribution in [-0.2, 0) is 0 Å². The summed E-state index contributed by atoms with van der Waals surface area (Å²) < 4.78 is 0. The number of nitrogens with two attached hydrogens (primary N) is 1. The number of aromatic carboxylic acids is 1. The van der Waals surface area contributed by atoms with Crippen molar-refractivity contribution >= 4 is 35.0 Å². The topological polar surface area (TPSA) is 148 Å². The quantitative estimate of drug-likeness (QED) is 0.350. The van der Waals surface area contributed by atoms with Gasteiger partial charge in [-0.1, -0.05) is 11.6 Å². The number of nitro groups is 1. The number of hydrogen-bond acceptors (Lipinski definition) is 5.